The number of morpholine rings is 1. The van der Waals surface area contributed by atoms with Crippen molar-refractivity contribution in [1.82, 2.24) is 4.90 Å². The number of ether oxygens (including phenoxy) is 2. The average Bonchev–Trinajstić information content (AvgIpc) is 2.55. The summed E-state index contributed by atoms with van der Waals surface area (Å²) in [5.74, 6) is 0.904. The maximum absolute atomic E-state index is 5.80. The van der Waals surface area contributed by atoms with Crippen molar-refractivity contribution in [3.8, 4) is 5.75 Å². The Balaban J connectivity index is 1.49. The highest BCUT2D eigenvalue weighted by atomic mass is 16.5. The van der Waals surface area contributed by atoms with Gasteiger partial charge in [-0.1, -0.05) is 48.5 Å². The molecule has 0 amide bonds. The van der Waals surface area contributed by atoms with Crippen LogP contribution < -0.4 is 4.74 Å². The molecule has 21 heavy (non-hydrogen) atoms. The maximum atomic E-state index is 5.80. The fourth-order valence-electron chi connectivity index (χ4n) is 2.57. The molecule has 110 valence electrons. The summed E-state index contributed by atoms with van der Waals surface area (Å²) in [7, 11) is 0. The van der Waals surface area contributed by atoms with Crippen molar-refractivity contribution in [3.05, 3.63) is 66.2 Å². The summed E-state index contributed by atoms with van der Waals surface area (Å²) in [4.78, 5) is 2.43. The van der Waals surface area contributed by atoms with Crippen LogP contribution in [0.5, 0.6) is 5.75 Å². The number of para-hydroxylation sites is 1. The number of rotatable bonds is 5. The highest BCUT2D eigenvalue weighted by molar-refractivity contribution is 5.21. The number of hydrogen-bond acceptors (Lipinski definition) is 3. The first-order chi connectivity index (χ1) is 10.4. The molecule has 0 spiro atoms. The Morgan fingerprint density at radius 1 is 1.00 bits per heavy atom. The van der Waals surface area contributed by atoms with Crippen molar-refractivity contribution in [1.29, 1.82) is 0 Å². The molecule has 0 N–H and O–H groups in total. The zero-order valence-electron chi connectivity index (χ0n) is 12.2. The van der Waals surface area contributed by atoms with Gasteiger partial charge in [0.05, 0.1) is 6.61 Å². The summed E-state index contributed by atoms with van der Waals surface area (Å²) in [6.45, 7) is 4.26. The van der Waals surface area contributed by atoms with E-state index in [2.05, 4.69) is 35.2 Å². The fourth-order valence-corrected chi connectivity index (χ4v) is 2.57. The zero-order valence-corrected chi connectivity index (χ0v) is 12.2. The lowest BCUT2D eigenvalue weighted by Gasteiger charge is -2.32. The third-order valence-electron chi connectivity index (χ3n) is 3.65. The topological polar surface area (TPSA) is 21.7 Å². The smallest absolute Gasteiger partial charge is 0.119 e. The summed E-state index contributed by atoms with van der Waals surface area (Å²) >= 11 is 0. The predicted molar refractivity (Wildman–Crippen MR) is 83.4 cm³/mol. The Morgan fingerprint density at radius 2 is 1.71 bits per heavy atom. The van der Waals surface area contributed by atoms with Crippen molar-refractivity contribution >= 4 is 0 Å². The van der Waals surface area contributed by atoms with Crippen LogP contribution in [-0.4, -0.2) is 37.3 Å². The Labute approximate surface area is 126 Å². The van der Waals surface area contributed by atoms with E-state index >= 15 is 0 Å². The number of nitrogens with zero attached hydrogens (tertiary/aromatic N) is 1. The van der Waals surface area contributed by atoms with E-state index in [1.54, 1.807) is 0 Å². The first kappa shape index (κ1) is 14.1. The molecule has 3 heteroatoms. The largest absolute Gasteiger partial charge is 0.491 e. The van der Waals surface area contributed by atoms with Crippen LogP contribution in [0.3, 0.4) is 0 Å². The lowest BCUT2D eigenvalue weighted by molar-refractivity contribution is -0.0504. The summed E-state index contributed by atoms with van der Waals surface area (Å²) in [5.41, 5.74) is 1.35. The van der Waals surface area contributed by atoms with Gasteiger partial charge in [-0.15, -0.1) is 0 Å². The SMILES string of the molecule is c1ccc(CN2CCOC(COc3ccccc3)C2)cc1. The molecule has 0 bridgehead atoms. The Morgan fingerprint density at radius 3 is 2.48 bits per heavy atom. The summed E-state index contributed by atoms with van der Waals surface area (Å²) in [6, 6.07) is 20.5. The van der Waals surface area contributed by atoms with Crippen LogP contribution in [0, 0.1) is 0 Å². The van der Waals surface area contributed by atoms with Crippen LogP contribution in [0.1, 0.15) is 5.56 Å². The van der Waals surface area contributed by atoms with Crippen molar-refractivity contribution in [3.63, 3.8) is 0 Å². The second-order valence-corrected chi connectivity index (χ2v) is 5.34. The van der Waals surface area contributed by atoms with Crippen LogP contribution >= 0.6 is 0 Å². The monoisotopic (exact) mass is 283 g/mol. The highest BCUT2D eigenvalue weighted by Crippen LogP contribution is 2.13. The quantitative estimate of drug-likeness (QED) is 0.842. The van der Waals surface area contributed by atoms with Gasteiger partial charge in [0.2, 0.25) is 0 Å². The highest BCUT2D eigenvalue weighted by Gasteiger charge is 2.21. The summed E-state index contributed by atoms with van der Waals surface area (Å²) in [6.07, 6.45) is 0.141. The van der Waals surface area contributed by atoms with Gasteiger partial charge in [-0.05, 0) is 17.7 Å². The molecular weight excluding hydrogens is 262 g/mol. The van der Waals surface area contributed by atoms with Gasteiger partial charge in [0.25, 0.3) is 0 Å². The molecule has 2 aromatic rings. The zero-order chi connectivity index (χ0) is 14.3. The lowest BCUT2D eigenvalue weighted by Crippen LogP contribution is -2.44. The van der Waals surface area contributed by atoms with Gasteiger partial charge in [0.15, 0.2) is 0 Å². The maximum Gasteiger partial charge on any atom is 0.119 e. The third kappa shape index (κ3) is 4.31. The molecule has 0 radical (unpaired) electrons. The molecule has 0 aliphatic carbocycles. The van der Waals surface area contributed by atoms with Gasteiger partial charge >= 0.3 is 0 Å². The molecule has 1 fully saturated rings. The molecule has 3 nitrogen and oxygen atoms in total. The van der Waals surface area contributed by atoms with E-state index in [1.807, 2.05) is 30.3 Å². The molecule has 0 saturated carbocycles. The minimum Gasteiger partial charge on any atom is -0.491 e. The fraction of sp³-hybridized carbons (Fsp3) is 0.333. The first-order valence-electron chi connectivity index (χ1n) is 7.46. The number of benzene rings is 2. The van der Waals surface area contributed by atoms with Gasteiger partial charge in [-0.25, -0.2) is 0 Å². The van der Waals surface area contributed by atoms with Crippen LogP contribution in [0.2, 0.25) is 0 Å². The molecule has 2 aromatic carbocycles. The van der Waals surface area contributed by atoms with Crippen molar-refractivity contribution in [2.24, 2.45) is 0 Å². The predicted octanol–water partition coefficient (Wildman–Crippen LogP) is 2.97. The number of hydrogen-bond donors (Lipinski definition) is 0. The third-order valence-corrected chi connectivity index (χ3v) is 3.65. The molecular formula is C18H21NO2. The molecule has 0 aromatic heterocycles. The Kier molecular flexibility index (Phi) is 4.87. The Hall–Kier alpha value is -1.84. The van der Waals surface area contributed by atoms with E-state index in [0.29, 0.717) is 6.61 Å². The van der Waals surface area contributed by atoms with E-state index in [4.69, 9.17) is 9.47 Å². The molecule has 1 aliphatic rings. The minimum absolute atomic E-state index is 0.141. The average molecular weight is 283 g/mol. The normalized spacial score (nSPS) is 19.3. The Bertz CT molecular complexity index is 529. The van der Waals surface area contributed by atoms with Crippen LogP contribution in [0.15, 0.2) is 60.7 Å². The molecule has 1 saturated heterocycles. The van der Waals surface area contributed by atoms with Crippen LogP contribution in [-0.2, 0) is 11.3 Å². The van der Waals surface area contributed by atoms with Crippen molar-refractivity contribution in [2.45, 2.75) is 12.6 Å². The van der Waals surface area contributed by atoms with Gasteiger partial charge in [0, 0.05) is 19.6 Å². The van der Waals surface area contributed by atoms with Crippen LogP contribution in [0.4, 0.5) is 0 Å². The molecule has 1 heterocycles. The van der Waals surface area contributed by atoms with Crippen molar-refractivity contribution in [2.75, 3.05) is 26.3 Å². The summed E-state index contributed by atoms with van der Waals surface area (Å²) < 4.78 is 11.6. The standard InChI is InChI=1S/C18H21NO2/c1-3-7-16(8-4-1)13-19-11-12-20-18(14-19)15-21-17-9-5-2-6-10-17/h1-10,18H,11-15H2. The van der Waals surface area contributed by atoms with E-state index in [1.165, 1.54) is 5.56 Å². The first-order valence-corrected chi connectivity index (χ1v) is 7.46. The molecule has 1 unspecified atom stereocenters. The van der Waals surface area contributed by atoms with Crippen molar-refractivity contribution < 1.29 is 9.47 Å². The van der Waals surface area contributed by atoms with E-state index in [0.717, 1.165) is 32.0 Å². The van der Waals surface area contributed by atoms with E-state index in [-0.39, 0.29) is 6.10 Å². The van der Waals surface area contributed by atoms with E-state index in [9.17, 15) is 0 Å². The molecule has 1 aliphatic heterocycles. The second-order valence-electron chi connectivity index (χ2n) is 5.34. The van der Waals surface area contributed by atoms with E-state index < -0.39 is 0 Å². The summed E-state index contributed by atoms with van der Waals surface area (Å²) in [5, 5.41) is 0. The second kappa shape index (κ2) is 7.25. The minimum atomic E-state index is 0.141. The molecule has 3 rings (SSSR count). The van der Waals surface area contributed by atoms with Gasteiger partial charge < -0.3 is 9.47 Å². The molecule has 1 atom stereocenters. The lowest BCUT2D eigenvalue weighted by atomic mass is 10.2. The van der Waals surface area contributed by atoms with Gasteiger partial charge in [-0.3, -0.25) is 4.90 Å². The van der Waals surface area contributed by atoms with Gasteiger partial charge in [0.1, 0.15) is 18.5 Å². The van der Waals surface area contributed by atoms with Gasteiger partial charge in [-0.2, -0.15) is 0 Å². The van der Waals surface area contributed by atoms with Crippen LogP contribution in [0.25, 0.3) is 0 Å².